The number of hydrogen-bond donors (Lipinski definition) is 3. The Bertz CT molecular complexity index is 1360. The molecule has 40 heavy (non-hydrogen) atoms. The minimum atomic E-state index is 0. The molecular weight excluding hydrogens is 630 g/mol. The van der Waals surface area contributed by atoms with Gasteiger partial charge in [0.15, 0.2) is 4.34 Å². The van der Waals surface area contributed by atoms with Gasteiger partial charge in [0.25, 0.3) is 0 Å². The molecule has 0 spiro atoms. The molecule has 0 atom stereocenters. The Balaban J connectivity index is 0.00000220. The molecule has 7 nitrogen and oxygen atoms in total. The Hall–Kier alpha value is -1.98. The number of likely N-dealkylation sites (tertiary alicyclic amines) is 1. The molecule has 1 amide bonds. The fraction of sp³-hybridized carbons (Fsp3) is 0.296. The van der Waals surface area contributed by atoms with Gasteiger partial charge in [0.05, 0.1) is 28.0 Å². The highest BCUT2D eigenvalue weighted by molar-refractivity contribution is 8.01. The van der Waals surface area contributed by atoms with Crippen molar-refractivity contribution in [1.82, 2.24) is 25.2 Å². The van der Waals surface area contributed by atoms with Gasteiger partial charge in [0.2, 0.25) is 5.91 Å². The fourth-order valence-electron chi connectivity index (χ4n) is 4.35. The number of carbonyl (C=O) groups is 1. The molecule has 3 N–H and O–H groups in total. The van der Waals surface area contributed by atoms with E-state index >= 15 is 0 Å². The number of rotatable bonds is 10. The van der Waals surface area contributed by atoms with Gasteiger partial charge in [-0.25, -0.2) is 9.97 Å². The van der Waals surface area contributed by atoms with E-state index in [0.717, 1.165) is 65.1 Å². The number of anilines is 1. The standard InChI is InChI=1S/C27H28Cl2N6OS2.2ClH/c28-22-5-4-18(12-23(22)29)15-35-10-6-20(7-11-35)33-26(36)17-38-27-34-24(16-37-27)19-2-1-3-21(13-19)32-14-25-30-8-9-31-25;;/h1-5,8-9,12-13,16,20,32H,6-7,10-11,14-15,17H2,(H,30,31)(H,33,36);2*1H. The van der Waals surface area contributed by atoms with Gasteiger partial charge < -0.3 is 15.6 Å². The summed E-state index contributed by atoms with van der Waals surface area (Å²) in [4.78, 5) is 27.1. The second kappa shape index (κ2) is 15.9. The average Bonchev–Trinajstić information content (AvgIpc) is 3.62. The van der Waals surface area contributed by atoms with E-state index in [0.29, 0.717) is 22.3 Å². The van der Waals surface area contributed by atoms with E-state index < -0.39 is 0 Å². The van der Waals surface area contributed by atoms with Crippen molar-refractivity contribution in [2.24, 2.45) is 0 Å². The highest BCUT2D eigenvalue weighted by atomic mass is 35.5. The molecule has 2 aromatic heterocycles. The van der Waals surface area contributed by atoms with Crippen LogP contribution in [0.4, 0.5) is 5.69 Å². The van der Waals surface area contributed by atoms with Crippen LogP contribution < -0.4 is 10.6 Å². The van der Waals surface area contributed by atoms with Crippen molar-refractivity contribution in [1.29, 1.82) is 0 Å². The Kier molecular flexibility index (Phi) is 12.9. The Morgan fingerprint density at radius 3 is 2.70 bits per heavy atom. The first kappa shape index (κ1) is 32.5. The third-order valence-electron chi connectivity index (χ3n) is 6.33. The zero-order valence-electron chi connectivity index (χ0n) is 21.4. The summed E-state index contributed by atoms with van der Waals surface area (Å²) in [6.45, 7) is 3.33. The maximum atomic E-state index is 12.6. The Morgan fingerprint density at radius 2 is 1.95 bits per heavy atom. The number of piperidine rings is 1. The molecule has 0 unspecified atom stereocenters. The smallest absolute Gasteiger partial charge is 0.230 e. The number of benzene rings is 2. The number of aromatic amines is 1. The van der Waals surface area contributed by atoms with Crippen LogP contribution in [-0.2, 0) is 17.9 Å². The minimum Gasteiger partial charge on any atom is -0.378 e. The lowest BCUT2D eigenvalue weighted by atomic mass is 10.0. The summed E-state index contributed by atoms with van der Waals surface area (Å²) in [5.41, 5.74) is 4.10. The van der Waals surface area contributed by atoms with E-state index in [-0.39, 0.29) is 36.8 Å². The molecule has 13 heteroatoms. The molecule has 5 rings (SSSR count). The zero-order chi connectivity index (χ0) is 26.3. The van der Waals surface area contributed by atoms with Crippen molar-refractivity contribution in [3.8, 4) is 11.3 Å². The minimum absolute atomic E-state index is 0. The lowest BCUT2D eigenvalue weighted by molar-refractivity contribution is -0.119. The normalized spacial score (nSPS) is 13.8. The van der Waals surface area contributed by atoms with Crippen molar-refractivity contribution in [3.63, 3.8) is 0 Å². The molecule has 0 saturated carbocycles. The number of hydrogen-bond acceptors (Lipinski definition) is 7. The van der Waals surface area contributed by atoms with Crippen LogP contribution in [0.1, 0.15) is 24.2 Å². The van der Waals surface area contributed by atoms with E-state index in [1.807, 2.05) is 48.0 Å². The number of thiazole rings is 1. The van der Waals surface area contributed by atoms with Crippen molar-refractivity contribution in [3.05, 3.63) is 81.7 Å². The first-order valence-corrected chi connectivity index (χ1v) is 15.0. The van der Waals surface area contributed by atoms with Crippen LogP contribution >= 0.6 is 71.1 Å². The van der Waals surface area contributed by atoms with Gasteiger partial charge in [-0.3, -0.25) is 9.69 Å². The number of amides is 1. The second-order valence-electron chi connectivity index (χ2n) is 9.12. The predicted octanol–water partition coefficient (Wildman–Crippen LogP) is 7.17. The molecule has 214 valence electrons. The number of halogens is 4. The quantitative estimate of drug-likeness (QED) is 0.157. The first-order valence-electron chi connectivity index (χ1n) is 12.4. The lowest BCUT2D eigenvalue weighted by Crippen LogP contribution is -2.44. The molecule has 4 aromatic rings. The topological polar surface area (TPSA) is 85.9 Å². The molecule has 1 fully saturated rings. The van der Waals surface area contributed by atoms with Crippen molar-refractivity contribution >= 4 is 82.7 Å². The van der Waals surface area contributed by atoms with Gasteiger partial charge in [-0.15, -0.1) is 36.2 Å². The van der Waals surface area contributed by atoms with Crippen molar-refractivity contribution in [2.75, 3.05) is 24.2 Å². The number of H-pyrrole nitrogens is 1. The van der Waals surface area contributed by atoms with Crippen LogP contribution in [0.15, 0.2) is 64.6 Å². The maximum Gasteiger partial charge on any atom is 0.230 e. The summed E-state index contributed by atoms with van der Waals surface area (Å²) >= 11 is 15.2. The third kappa shape index (κ3) is 9.27. The highest BCUT2D eigenvalue weighted by Gasteiger charge is 2.21. The average molecular weight is 661 g/mol. The van der Waals surface area contributed by atoms with Crippen LogP contribution in [0, 0.1) is 0 Å². The molecule has 0 aliphatic carbocycles. The summed E-state index contributed by atoms with van der Waals surface area (Å²) in [5, 5.41) is 9.77. The Labute approximate surface area is 264 Å². The number of aromatic nitrogens is 3. The largest absolute Gasteiger partial charge is 0.378 e. The van der Waals surface area contributed by atoms with Crippen molar-refractivity contribution in [2.45, 2.75) is 36.3 Å². The number of nitrogens with zero attached hydrogens (tertiary/aromatic N) is 3. The summed E-state index contributed by atoms with van der Waals surface area (Å²) in [5.74, 6) is 1.30. The van der Waals surface area contributed by atoms with Gasteiger partial charge in [0, 0.05) is 54.7 Å². The molecule has 0 bridgehead atoms. The Morgan fingerprint density at radius 1 is 1.12 bits per heavy atom. The van der Waals surface area contributed by atoms with Gasteiger partial charge in [-0.05, 0) is 42.7 Å². The van der Waals surface area contributed by atoms with Gasteiger partial charge in [-0.1, -0.05) is 53.2 Å². The van der Waals surface area contributed by atoms with Crippen LogP contribution in [0.25, 0.3) is 11.3 Å². The molecule has 1 saturated heterocycles. The van der Waals surface area contributed by atoms with Crippen LogP contribution in [0.2, 0.25) is 10.0 Å². The molecule has 2 aromatic carbocycles. The van der Waals surface area contributed by atoms with E-state index in [1.54, 1.807) is 17.5 Å². The van der Waals surface area contributed by atoms with E-state index in [1.165, 1.54) is 11.8 Å². The first-order chi connectivity index (χ1) is 18.5. The zero-order valence-corrected chi connectivity index (χ0v) is 26.2. The molecule has 3 heterocycles. The summed E-state index contributed by atoms with van der Waals surface area (Å²) < 4.78 is 0.889. The summed E-state index contributed by atoms with van der Waals surface area (Å²) in [7, 11) is 0. The number of imidazole rings is 1. The molecule has 1 aliphatic heterocycles. The van der Waals surface area contributed by atoms with E-state index in [4.69, 9.17) is 28.2 Å². The van der Waals surface area contributed by atoms with Crippen molar-refractivity contribution < 1.29 is 4.79 Å². The van der Waals surface area contributed by atoms with Crippen LogP contribution in [0.3, 0.4) is 0 Å². The number of nitrogens with one attached hydrogen (secondary N) is 3. The second-order valence-corrected chi connectivity index (χ2v) is 12.0. The summed E-state index contributed by atoms with van der Waals surface area (Å²) in [6.07, 6.45) is 5.42. The lowest BCUT2D eigenvalue weighted by Gasteiger charge is -2.32. The monoisotopic (exact) mass is 658 g/mol. The van der Waals surface area contributed by atoms with Crippen LogP contribution in [-0.4, -0.2) is 50.6 Å². The van der Waals surface area contributed by atoms with Gasteiger partial charge in [0.1, 0.15) is 5.82 Å². The number of carbonyl (C=O) groups excluding carboxylic acids is 1. The molecule has 0 radical (unpaired) electrons. The molecular formula is C27H30Cl4N6OS2. The molecule has 1 aliphatic rings. The maximum absolute atomic E-state index is 12.6. The summed E-state index contributed by atoms with van der Waals surface area (Å²) in [6, 6.07) is 14.1. The van der Waals surface area contributed by atoms with Gasteiger partial charge in [-0.2, -0.15) is 0 Å². The third-order valence-corrected chi connectivity index (χ3v) is 9.09. The van der Waals surface area contributed by atoms with E-state index in [9.17, 15) is 4.79 Å². The fourth-order valence-corrected chi connectivity index (χ4v) is 6.32. The van der Waals surface area contributed by atoms with E-state index in [2.05, 4.69) is 31.6 Å². The predicted molar refractivity (Wildman–Crippen MR) is 172 cm³/mol. The van der Waals surface area contributed by atoms with Crippen LogP contribution in [0.5, 0.6) is 0 Å². The van der Waals surface area contributed by atoms with Gasteiger partial charge >= 0.3 is 0 Å². The SMILES string of the molecule is Cl.Cl.O=C(CSc1nc(-c2cccc(NCc3ncc[nH]3)c2)cs1)NC1CCN(Cc2ccc(Cl)c(Cl)c2)CC1. The number of thioether (sulfide) groups is 1. The highest BCUT2D eigenvalue weighted by Crippen LogP contribution is 2.30.